The van der Waals surface area contributed by atoms with Crippen molar-refractivity contribution in [2.75, 3.05) is 6.61 Å². The highest BCUT2D eigenvalue weighted by Crippen LogP contribution is 2.25. The number of benzene rings is 1. The molecule has 5 nitrogen and oxygen atoms in total. The summed E-state index contributed by atoms with van der Waals surface area (Å²) in [7, 11) is 0. The topological polar surface area (TPSA) is 75.6 Å². The van der Waals surface area contributed by atoms with Gasteiger partial charge in [0.15, 0.2) is 0 Å². The van der Waals surface area contributed by atoms with Gasteiger partial charge < -0.3 is 15.2 Å². The molecule has 1 aromatic rings. The van der Waals surface area contributed by atoms with Crippen LogP contribution < -0.4 is 5.32 Å². The van der Waals surface area contributed by atoms with Crippen LogP contribution in [-0.2, 0) is 4.74 Å². The molecule has 2 rings (SSSR count). The van der Waals surface area contributed by atoms with Crippen molar-refractivity contribution >= 4 is 11.9 Å². The van der Waals surface area contributed by atoms with Crippen LogP contribution in [0.3, 0.4) is 0 Å². The second kappa shape index (κ2) is 6.26. The quantitative estimate of drug-likeness (QED) is 0.873. The lowest BCUT2D eigenvalue weighted by molar-refractivity contribution is -0.00866. The summed E-state index contributed by atoms with van der Waals surface area (Å²) in [4.78, 5) is 23.8. The minimum Gasteiger partial charge on any atom is -0.478 e. The summed E-state index contributed by atoms with van der Waals surface area (Å²) in [6.07, 6.45) is 1.78. The first-order chi connectivity index (χ1) is 9.93. The van der Waals surface area contributed by atoms with E-state index in [0.717, 1.165) is 12.8 Å². The van der Waals surface area contributed by atoms with E-state index in [-0.39, 0.29) is 29.2 Å². The minimum absolute atomic E-state index is 0.0654. The molecule has 0 unspecified atom stereocenters. The van der Waals surface area contributed by atoms with Gasteiger partial charge in [-0.25, -0.2) is 4.79 Å². The summed E-state index contributed by atoms with van der Waals surface area (Å²) in [5.41, 5.74) is 1.63. The number of rotatable bonds is 5. The van der Waals surface area contributed by atoms with Crippen molar-refractivity contribution in [3.63, 3.8) is 0 Å². The maximum absolute atomic E-state index is 12.4. The van der Waals surface area contributed by atoms with Crippen LogP contribution in [0.25, 0.3) is 0 Å². The Bertz CT molecular complexity index is 562. The van der Waals surface area contributed by atoms with Crippen LogP contribution in [0.2, 0.25) is 0 Å². The fourth-order valence-electron chi connectivity index (χ4n) is 2.69. The van der Waals surface area contributed by atoms with E-state index in [4.69, 9.17) is 4.74 Å². The molecule has 1 aliphatic carbocycles. The van der Waals surface area contributed by atoms with Crippen molar-refractivity contribution < 1.29 is 19.4 Å². The number of carboxylic acids is 1. The lowest BCUT2D eigenvalue weighted by Crippen LogP contribution is -2.48. The Morgan fingerprint density at radius 1 is 1.24 bits per heavy atom. The Kier molecular flexibility index (Phi) is 4.63. The van der Waals surface area contributed by atoms with Crippen LogP contribution in [0.5, 0.6) is 0 Å². The maximum Gasteiger partial charge on any atom is 0.336 e. The van der Waals surface area contributed by atoms with Gasteiger partial charge in [0.25, 0.3) is 5.91 Å². The molecule has 21 heavy (non-hydrogen) atoms. The molecule has 0 radical (unpaired) electrons. The van der Waals surface area contributed by atoms with Gasteiger partial charge in [0, 0.05) is 12.6 Å². The Balaban J connectivity index is 2.13. The Morgan fingerprint density at radius 3 is 2.33 bits per heavy atom. The monoisotopic (exact) mass is 291 g/mol. The third-order valence-corrected chi connectivity index (χ3v) is 3.90. The zero-order valence-corrected chi connectivity index (χ0v) is 12.6. The molecule has 5 heteroatoms. The van der Waals surface area contributed by atoms with E-state index < -0.39 is 5.97 Å². The van der Waals surface area contributed by atoms with E-state index in [9.17, 15) is 14.7 Å². The van der Waals surface area contributed by atoms with Gasteiger partial charge in [-0.1, -0.05) is 12.1 Å². The van der Waals surface area contributed by atoms with Gasteiger partial charge in [0.2, 0.25) is 0 Å². The number of ether oxygens (including phenoxy) is 1. The highest BCUT2D eigenvalue weighted by molar-refractivity contribution is 6.06. The summed E-state index contributed by atoms with van der Waals surface area (Å²) >= 11 is 0. The van der Waals surface area contributed by atoms with Gasteiger partial charge in [-0.05, 0) is 44.7 Å². The van der Waals surface area contributed by atoms with Gasteiger partial charge in [0.05, 0.1) is 17.2 Å². The van der Waals surface area contributed by atoms with Crippen molar-refractivity contribution in [2.24, 2.45) is 0 Å². The first-order valence-electron chi connectivity index (χ1n) is 7.20. The Morgan fingerprint density at radius 2 is 1.81 bits per heavy atom. The first-order valence-corrected chi connectivity index (χ1v) is 7.20. The summed E-state index contributed by atoms with van der Waals surface area (Å²) in [5, 5.41) is 12.2. The molecular formula is C16H21NO4. The number of amides is 1. The molecule has 1 saturated carbocycles. The summed E-state index contributed by atoms with van der Waals surface area (Å²) in [6.45, 7) is 6.07. The van der Waals surface area contributed by atoms with Gasteiger partial charge in [-0.2, -0.15) is 0 Å². The number of nitrogens with one attached hydrogen (secondary N) is 1. The first kappa shape index (κ1) is 15.5. The average molecular weight is 291 g/mol. The molecule has 0 saturated heterocycles. The van der Waals surface area contributed by atoms with Crippen molar-refractivity contribution in [2.45, 2.75) is 45.8 Å². The smallest absolute Gasteiger partial charge is 0.336 e. The fraction of sp³-hybridized carbons (Fsp3) is 0.500. The molecule has 0 spiro atoms. The van der Waals surface area contributed by atoms with Crippen LogP contribution in [0.1, 0.15) is 51.6 Å². The second-order valence-corrected chi connectivity index (χ2v) is 5.47. The lowest BCUT2D eigenvalue weighted by Gasteiger charge is -2.35. The molecule has 1 amide bonds. The second-order valence-electron chi connectivity index (χ2n) is 5.47. The van der Waals surface area contributed by atoms with Gasteiger partial charge >= 0.3 is 5.97 Å². The number of hydrogen-bond donors (Lipinski definition) is 2. The Labute approximate surface area is 124 Å². The molecule has 0 aromatic heterocycles. The zero-order valence-electron chi connectivity index (χ0n) is 12.6. The van der Waals surface area contributed by atoms with E-state index in [1.165, 1.54) is 0 Å². The van der Waals surface area contributed by atoms with Crippen molar-refractivity contribution in [3.05, 3.63) is 34.4 Å². The van der Waals surface area contributed by atoms with Crippen LogP contribution >= 0.6 is 0 Å². The highest BCUT2D eigenvalue weighted by atomic mass is 16.5. The number of hydrogen-bond acceptors (Lipinski definition) is 3. The number of carboxylic acid groups (broad SMARTS) is 1. The third kappa shape index (κ3) is 3.24. The number of carbonyl (C=O) groups excluding carboxylic acids is 1. The number of aromatic carboxylic acids is 1. The van der Waals surface area contributed by atoms with E-state index in [0.29, 0.717) is 17.7 Å². The van der Waals surface area contributed by atoms with Crippen molar-refractivity contribution in [3.8, 4) is 0 Å². The number of carbonyl (C=O) groups is 2. The van der Waals surface area contributed by atoms with E-state index in [1.54, 1.807) is 26.0 Å². The predicted molar refractivity (Wildman–Crippen MR) is 78.8 cm³/mol. The van der Waals surface area contributed by atoms with Crippen molar-refractivity contribution in [1.82, 2.24) is 5.32 Å². The normalized spacial score (nSPS) is 20.7. The van der Waals surface area contributed by atoms with Crippen molar-refractivity contribution in [1.29, 1.82) is 0 Å². The Hall–Kier alpha value is -1.88. The van der Waals surface area contributed by atoms with E-state index >= 15 is 0 Å². The molecule has 2 N–H and O–H groups in total. The molecule has 1 fully saturated rings. The fourth-order valence-corrected chi connectivity index (χ4v) is 2.69. The third-order valence-electron chi connectivity index (χ3n) is 3.90. The van der Waals surface area contributed by atoms with Gasteiger partial charge in [0.1, 0.15) is 0 Å². The summed E-state index contributed by atoms with van der Waals surface area (Å²) in [6, 6.07) is 3.57. The summed E-state index contributed by atoms with van der Waals surface area (Å²) in [5.74, 6) is -1.38. The van der Waals surface area contributed by atoms with Crippen LogP contribution in [-0.4, -0.2) is 35.7 Å². The molecule has 1 aliphatic rings. The molecule has 0 atom stereocenters. The largest absolute Gasteiger partial charge is 0.478 e. The average Bonchev–Trinajstić information content (AvgIpc) is 2.38. The van der Waals surface area contributed by atoms with Crippen LogP contribution in [0.15, 0.2) is 12.1 Å². The molecule has 0 heterocycles. The molecule has 114 valence electrons. The molecule has 0 aliphatic heterocycles. The SMILES string of the molecule is CCOC1CC(NC(=O)c2c(C)ccc(C)c2C(=O)O)C1. The lowest BCUT2D eigenvalue weighted by atomic mass is 9.88. The van der Waals surface area contributed by atoms with Gasteiger partial charge in [-0.15, -0.1) is 0 Å². The van der Waals surface area contributed by atoms with Crippen LogP contribution in [0.4, 0.5) is 0 Å². The number of aryl methyl sites for hydroxylation is 2. The van der Waals surface area contributed by atoms with Crippen LogP contribution in [0, 0.1) is 13.8 Å². The molecular weight excluding hydrogens is 270 g/mol. The van der Waals surface area contributed by atoms with E-state index in [1.807, 2.05) is 6.92 Å². The van der Waals surface area contributed by atoms with Gasteiger partial charge in [-0.3, -0.25) is 4.79 Å². The molecule has 1 aromatic carbocycles. The highest BCUT2D eigenvalue weighted by Gasteiger charge is 2.32. The zero-order chi connectivity index (χ0) is 15.6. The van der Waals surface area contributed by atoms with E-state index in [2.05, 4.69) is 5.32 Å². The maximum atomic E-state index is 12.4. The predicted octanol–water partition coefficient (Wildman–Crippen LogP) is 2.30. The molecule has 0 bridgehead atoms. The standard InChI is InChI=1S/C16H21NO4/c1-4-21-12-7-11(8-12)17-15(18)13-9(2)5-6-10(3)14(13)16(19)20/h5-6,11-12H,4,7-8H2,1-3H3,(H,17,18)(H,19,20). The summed E-state index contributed by atoms with van der Waals surface area (Å²) < 4.78 is 5.45. The minimum atomic E-state index is -1.07.